The Kier molecular flexibility index (Phi) is 4.97. The highest BCUT2D eigenvalue weighted by molar-refractivity contribution is 5.71. The van der Waals surface area contributed by atoms with Gasteiger partial charge in [-0.15, -0.1) is 0 Å². The van der Waals surface area contributed by atoms with Crippen molar-refractivity contribution < 1.29 is 0 Å². The average Bonchev–Trinajstić information content (AvgIpc) is 2.47. The zero-order valence-electron chi connectivity index (χ0n) is 13.1. The van der Waals surface area contributed by atoms with Crippen LogP contribution in [-0.4, -0.2) is 7.05 Å². The first-order valence-electron chi connectivity index (χ1n) is 7.55. The molecule has 0 aliphatic rings. The maximum atomic E-state index is 3.21. The van der Waals surface area contributed by atoms with Gasteiger partial charge in [-0.2, -0.15) is 0 Å². The number of hydrogen-bond donors (Lipinski definition) is 1. The Morgan fingerprint density at radius 1 is 0.850 bits per heavy atom. The van der Waals surface area contributed by atoms with Crippen LogP contribution in [0, 0.1) is 6.92 Å². The normalized spacial score (nSPS) is 10.8. The van der Waals surface area contributed by atoms with Crippen LogP contribution in [0.25, 0.3) is 11.1 Å². The molecule has 0 atom stereocenters. The third-order valence-corrected chi connectivity index (χ3v) is 3.93. The Balaban J connectivity index is 2.49. The van der Waals surface area contributed by atoms with Crippen LogP contribution in [0.1, 0.15) is 36.1 Å². The summed E-state index contributed by atoms with van der Waals surface area (Å²) in [6.07, 6.45) is 2.17. The summed E-state index contributed by atoms with van der Waals surface area (Å²) >= 11 is 0. The van der Waals surface area contributed by atoms with E-state index in [9.17, 15) is 0 Å². The average molecular weight is 267 g/mol. The van der Waals surface area contributed by atoms with Gasteiger partial charge in [-0.05, 0) is 60.2 Å². The molecule has 0 aromatic heterocycles. The van der Waals surface area contributed by atoms with Gasteiger partial charge in [0.05, 0.1) is 0 Å². The monoisotopic (exact) mass is 267 g/mol. The van der Waals surface area contributed by atoms with Gasteiger partial charge < -0.3 is 5.32 Å². The molecule has 0 saturated carbocycles. The lowest BCUT2D eigenvalue weighted by Gasteiger charge is -2.14. The van der Waals surface area contributed by atoms with Gasteiger partial charge in [-0.25, -0.2) is 0 Å². The van der Waals surface area contributed by atoms with Gasteiger partial charge in [0.15, 0.2) is 0 Å². The zero-order chi connectivity index (χ0) is 14.5. The fourth-order valence-electron chi connectivity index (χ4n) is 2.74. The molecule has 1 nitrogen and oxygen atoms in total. The molecular weight excluding hydrogens is 242 g/mol. The maximum Gasteiger partial charge on any atom is 0.0202 e. The molecule has 0 spiro atoms. The van der Waals surface area contributed by atoms with Crippen molar-refractivity contribution in [1.82, 2.24) is 5.32 Å². The summed E-state index contributed by atoms with van der Waals surface area (Å²) in [4.78, 5) is 0. The first-order chi connectivity index (χ1) is 9.69. The fraction of sp³-hybridized carbons (Fsp3) is 0.368. The van der Waals surface area contributed by atoms with E-state index < -0.39 is 0 Å². The molecule has 106 valence electrons. The largest absolute Gasteiger partial charge is 0.316 e. The summed E-state index contributed by atoms with van der Waals surface area (Å²) in [6.45, 7) is 7.59. The molecule has 1 N–H and O–H groups in total. The summed E-state index contributed by atoms with van der Waals surface area (Å²) in [5.74, 6) is 0. The van der Waals surface area contributed by atoms with E-state index in [4.69, 9.17) is 0 Å². The van der Waals surface area contributed by atoms with E-state index in [2.05, 4.69) is 62.5 Å². The first kappa shape index (κ1) is 14.8. The third kappa shape index (κ3) is 3.10. The molecule has 2 aromatic carbocycles. The van der Waals surface area contributed by atoms with E-state index in [1.807, 2.05) is 7.05 Å². The third-order valence-electron chi connectivity index (χ3n) is 3.93. The molecule has 0 bridgehead atoms. The van der Waals surface area contributed by atoms with E-state index in [1.165, 1.54) is 33.4 Å². The lowest BCUT2D eigenvalue weighted by atomic mass is 9.91. The number of rotatable bonds is 5. The van der Waals surface area contributed by atoms with Crippen molar-refractivity contribution in [3.63, 3.8) is 0 Å². The quantitative estimate of drug-likeness (QED) is 0.840. The molecule has 0 aliphatic heterocycles. The summed E-state index contributed by atoms with van der Waals surface area (Å²) in [7, 11) is 1.99. The minimum absolute atomic E-state index is 0.927. The van der Waals surface area contributed by atoms with Gasteiger partial charge in [-0.3, -0.25) is 0 Å². The second-order valence-electron chi connectivity index (χ2n) is 5.38. The van der Waals surface area contributed by atoms with Crippen molar-refractivity contribution in [3.05, 3.63) is 58.7 Å². The SMILES string of the molecule is CCc1ccc(CC)c(-c2ccc(CNC)cc2C)c1. The molecule has 0 unspecified atom stereocenters. The van der Waals surface area contributed by atoms with Gasteiger partial charge in [-0.1, -0.05) is 50.2 Å². The van der Waals surface area contributed by atoms with Gasteiger partial charge in [0.2, 0.25) is 0 Å². The van der Waals surface area contributed by atoms with Crippen LogP contribution in [0.3, 0.4) is 0 Å². The second kappa shape index (κ2) is 6.71. The number of nitrogens with one attached hydrogen (secondary N) is 1. The van der Waals surface area contributed by atoms with Crippen molar-refractivity contribution >= 4 is 0 Å². The Hall–Kier alpha value is -1.60. The van der Waals surface area contributed by atoms with Crippen molar-refractivity contribution in [2.24, 2.45) is 0 Å². The number of benzene rings is 2. The van der Waals surface area contributed by atoms with Crippen LogP contribution < -0.4 is 5.32 Å². The molecule has 0 heterocycles. The number of aryl methyl sites for hydroxylation is 3. The highest BCUT2D eigenvalue weighted by Gasteiger charge is 2.08. The Morgan fingerprint density at radius 2 is 1.60 bits per heavy atom. The first-order valence-corrected chi connectivity index (χ1v) is 7.55. The Labute approximate surface area is 123 Å². The molecule has 0 radical (unpaired) electrons. The summed E-state index contributed by atoms with van der Waals surface area (Å²) in [5.41, 5.74) is 8.33. The topological polar surface area (TPSA) is 12.0 Å². The predicted octanol–water partition coefficient (Wildman–Crippen LogP) is 4.51. The molecule has 0 fully saturated rings. The summed E-state index contributed by atoms with van der Waals surface area (Å²) in [6, 6.07) is 13.7. The molecule has 2 rings (SSSR count). The summed E-state index contributed by atoms with van der Waals surface area (Å²) in [5, 5.41) is 3.21. The minimum atomic E-state index is 0.927. The second-order valence-corrected chi connectivity index (χ2v) is 5.38. The van der Waals surface area contributed by atoms with Crippen molar-refractivity contribution in [2.75, 3.05) is 7.05 Å². The molecule has 20 heavy (non-hydrogen) atoms. The van der Waals surface area contributed by atoms with E-state index in [1.54, 1.807) is 0 Å². The van der Waals surface area contributed by atoms with Crippen LogP contribution in [0.5, 0.6) is 0 Å². The molecule has 1 heteroatoms. The van der Waals surface area contributed by atoms with E-state index in [0.717, 1.165) is 19.4 Å². The summed E-state index contributed by atoms with van der Waals surface area (Å²) < 4.78 is 0. The fourth-order valence-corrected chi connectivity index (χ4v) is 2.74. The van der Waals surface area contributed by atoms with Gasteiger partial charge in [0.25, 0.3) is 0 Å². The lowest BCUT2D eigenvalue weighted by Crippen LogP contribution is -2.05. The lowest BCUT2D eigenvalue weighted by molar-refractivity contribution is 0.817. The van der Waals surface area contributed by atoms with Crippen LogP contribution in [-0.2, 0) is 19.4 Å². The standard InChI is InChI=1S/C19H25N/c1-5-15-7-9-17(6-2)19(12-15)18-10-8-16(13-20-4)11-14(18)3/h7-12,20H,5-6,13H2,1-4H3. The minimum Gasteiger partial charge on any atom is -0.316 e. The molecular formula is C19H25N. The van der Waals surface area contributed by atoms with Crippen LogP contribution >= 0.6 is 0 Å². The Morgan fingerprint density at radius 3 is 2.20 bits per heavy atom. The van der Waals surface area contributed by atoms with E-state index in [-0.39, 0.29) is 0 Å². The van der Waals surface area contributed by atoms with Crippen molar-refractivity contribution in [3.8, 4) is 11.1 Å². The van der Waals surface area contributed by atoms with Gasteiger partial charge in [0, 0.05) is 6.54 Å². The van der Waals surface area contributed by atoms with Crippen molar-refractivity contribution in [2.45, 2.75) is 40.2 Å². The smallest absolute Gasteiger partial charge is 0.0202 e. The van der Waals surface area contributed by atoms with Crippen LogP contribution in [0.2, 0.25) is 0 Å². The predicted molar refractivity (Wildman–Crippen MR) is 88.1 cm³/mol. The van der Waals surface area contributed by atoms with E-state index in [0.29, 0.717) is 0 Å². The van der Waals surface area contributed by atoms with Gasteiger partial charge >= 0.3 is 0 Å². The van der Waals surface area contributed by atoms with Gasteiger partial charge in [0.1, 0.15) is 0 Å². The highest BCUT2D eigenvalue weighted by Crippen LogP contribution is 2.29. The molecule has 0 amide bonds. The maximum absolute atomic E-state index is 3.21. The number of hydrogen-bond acceptors (Lipinski definition) is 1. The molecule has 0 saturated heterocycles. The molecule has 0 aliphatic carbocycles. The van der Waals surface area contributed by atoms with Crippen LogP contribution in [0.4, 0.5) is 0 Å². The zero-order valence-corrected chi connectivity index (χ0v) is 13.1. The van der Waals surface area contributed by atoms with Crippen LogP contribution in [0.15, 0.2) is 36.4 Å². The molecule has 2 aromatic rings. The highest BCUT2D eigenvalue weighted by atomic mass is 14.8. The Bertz CT molecular complexity index is 584. The van der Waals surface area contributed by atoms with E-state index >= 15 is 0 Å². The van der Waals surface area contributed by atoms with Crippen molar-refractivity contribution in [1.29, 1.82) is 0 Å².